The van der Waals surface area contributed by atoms with Gasteiger partial charge in [-0.1, -0.05) is 13.8 Å². The summed E-state index contributed by atoms with van der Waals surface area (Å²) < 4.78 is 26.9. The van der Waals surface area contributed by atoms with Gasteiger partial charge in [-0.2, -0.15) is 0 Å². The van der Waals surface area contributed by atoms with Crippen molar-refractivity contribution in [1.82, 2.24) is 0 Å². The van der Waals surface area contributed by atoms with Gasteiger partial charge in [0.15, 0.2) is 5.78 Å². The predicted octanol–water partition coefficient (Wildman–Crippen LogP) is 3.14. The Kier molecular flexibility index (Phi) is 1.97. The third-order valence-electron chi connectivity index (χ3n) is 3.03. The molecule has 0 N–H and O–H groups in total. The van der Waals surface area contributed by atoms with Gasteiger partial charge in [0.1, 0.15) is 11.6 Å². The van der Waals surface area contributed by atoms with Crippen LogP contribution in [0.2, 0.25) is 0 Å². The molecule has 1 aliphatic carbocycles. The van der Waals surface area contributed by atoms with E-state index < -0.39 is 17.0 Å². The van der Waals surface area contributed by atoms with E-state index in [1.165, 1.54) is 6.92 Å². The molecule has 0 unspecified atom stereocenters. The van der Waals surface area contributed by atoms with Crippen LogP contribution in [-0.2, 0) is 5.41 Å². The second-order valence-electron chi connectivity index (χ2n) is 4.70. The molecule has 1 aliphatic rings. The fraction of sp³-hybridized carbons (Fsp3) is 0.417. The molecule has 2 rings (SSSR count). The lowest BCUT2D eigenvalue weighted by Gasteiger charge is -2.18. The highest BCUT2D eigenvalue weighted by Gasteiger charge is 2.40. The van der Waals surface area contributed by atoms with Gasteiger partial charge in [0, 0.05) is 29.0 Å². The minimum absolute atomic E-state index is 0.161. The maximum Gasteiger partial charge on any atom is 0.164 e. The van der Waals surface area contributed by atoms with Crippen LogP contribution in [0, 0.1) is 18.6 Å². The zero-order valence-corrected chi connectivity index (χ0v) is 8.95. The van der Waals surface area contributed by atoms with E-state index in [9.17, 15) is 13.6 Å². The van der Waals surface area contributed by atoms with Crippen molar-refractivity contribution in [2.75, 3.05) is 0 Å². The third-order valence-corrected chi connectivity index (χ3v) is 3.03. The first-order valence-electron chi connectivity index (χ1n) is 4.87. The Morgan fingerprint density at radius 1 is 1.27 bits per heavy atom. The minimum Gasteiger partial charge on any atom is -0.294 e. The average molecular weight is 210 g/mol. The third kappa shape index (κ3) is 1.29. The fourth-order valence-corrected chi connectivity index (χ4v) is 2.31. The molecule has 1 aromatic rings. The number of hydrogen-bond acceptors (Lipinski definition) is 1. The standard InChI is InChI=1S/C12H12F2O/c1-6-7(13)4-8(14)11-10(6)9(15)5-12(11,2)3/h4H,5H2,1-3H3. The van der Waals surface area contributed by atoms with Gasteiger partial charge in [-0.05, 0) is 12.5 Å². The molecule has 0 aliphatic heterocycles. The maximum absolute atomic E-state index is 13.6. The lowest BCUT2D eigenvalue weighted by molar-refractivity contribution is 0.0978. The van der Waals surface area contributed by atoms with Crippen LogP contribution in [0.15, 0.2) is 6.07 Å². The van der Waals surface area contributed by atoms with Crippen molar-refractivity contribution < 1.29 is 13.6 Å². The van der Waals surface area contributed by atoms with Crippen LogP contribution >= 0.6 is 0 Å². The van der Waals surface area contributed by atoms with Gasteiger partial charge in [-0.3, -0.25) is 4.79 Å². The first-order chi connectivity index (χ1) is 6.84. The Bertz CT molecular complexity index is 461. The molecule has 0 bridgehead atoms. The Morgan fingerprint density at radius 2 is 1.87 bits per heavy atom. The molecule has 0 heterocycles. The van der Waals surface area contributed by atoms with E-state index in [0.29, 0.717) is 5.56 Å². The quantitative estimate of drug-likeness (QED) is 0.643. The Labute approximate surface area is 87.1 Å². The van der Waals surface area contributed by atoms with Crippen molar-refractivity contribution in [3.63, 3.8) is 0 Å². The van der Waals surface area contributed by atoms with Gasteiger partial charge in [0.05, 0.1) is 0 Å². The summed E-state index contributed by atoms with van der Waals surface area (Å²) in [5.74, 6) is -1.41. The molecule has 0 aromatic heterocycles. The van der Waals surface area contributed by atoms with E-state index in [-0.39, 0.29) is 23.3 Å². The number of carbonyl (C=O) groups is 1. The van der Waals surface area contributed by atoms with Crippen molar-refractivity contribution in [2.45, 2.75) is 32.6 Å². The smallest absolute Gasteiger partial charge is 0.164 e. The molecule has 0 radical (unpaired) electrons. The monoisotopic (exact) mass is 210 g/mol. The number of benzene rings is 1. The highest BCUT2D eigenvalue weighted by atomic mass is 19.1. The van der Waals surface area contributed by atoms with Crippen molar-refractivity contribution in [1.29, 1.82) is 0 Å². The van der Waals surface area contributed by atoms with E-state index in [4.69, 9.17) is 0 Å². The molecule has 0 saturated heterocycles. The number of hydrogen-bond donors (Lipinski definition) is 0. The second-order valence-corrected chi connectivity index (χ2v) is 4.70. The molecule has 0 saturated carbocycles. The maximum atomic E-state index is 13.6. The summed E-state index contributed by atoms with van der Waals surface area (Å²) in [7, 11) is 0. The Balaban J connectivity index is 2.84. The van der Waals surface area contributed by atoms with Crippen LogP contribution in [0.1, 0.15) is 41.8 Å². The largest absolute Gasteiger partial charge is 0.294 e. The number of fused-ring (bicyclic) bond motifs is 1. The van der Waals surface area contributed by atoms with E-state index in [2.05, 4.69) is 0 Å². The minimum atomic E-state index is -0.641. The number of halogens is 2. The molecule has 1 nitrogen and oxygen atoms in total. The lowest BCUT2D eigenvalue weighted by Crippen LogP contribution is -2.14. The van der Waals surface area contributed by atoms with Crippen LogP contribution in [0.25, 0.3) is 0 Å². The van der Waals surface area contributed by atoms with Crippen LogP contribution in [0.4, 0.5) is 8.78 Å². The molecule has 0 amide bonds. The molecule has 0 spiro atoms. The van der Waals surface area contributed by atoms with Crippen molar-refractivity contribution >= 4 is 5.78 Å². The summed E-state index contributed by atoms with van der Waals surface area (Å²) >= 11 is 0. The summed E-state index contributed by atoms with van der Waals surface area (Å²) in [6.07, 6.45) is 0.254. The van der Waals surface area contributed by atoms with Gasteiger partial charge in [0.2, 0.25) is 0 Å². The summed E-state index contributed by atoms with van der Waals surface area (Å²) in [5, 5.41) is 0. The zero-order valence-electron chi connectivity index (χ0n) is 8.95. The van der Waals surface area contributed by atoms with E-state index in [1.54, 1.807) is 13.8 Å². The first kappa shape index (κ1) is 10.3. The van der Waals surface area contributed by atoms with Gasteiger partial charge < -0.3 is 0 Å². The van der Waals surface area contributed by atoms with E-state index >= 15 is 0 Å². The number of Topliss-reactive ketones (excluding diaryl/α,β-unsaturated/α-hetero) is 1. The summed E-state index contributed by atoms with van der Waals surface area (Å²) in [6, 6.07) is 0.870. The first-order valence-corrected chi connectivity index (χ1v) is 4.87. The summed E-state index contributed by atoms with van der Waals surface area (Å²) in [5.41, 5.74) is 0.362. The molecule has 0 atom stereocenters. The summed E-state index contributed by atoms with van der Waals surface area (Å²) in [6.45, 7) is 5.13. The van der Waals surface area contributed by atoms with Crippen molar-refractivity contribution in [3.8, 4) is 0 Å². The normalized spacial score (nSPS) is 18.1. The second kappa shape index (κ2) is 2.87. The highest BCUT2D eigenvalue weighted by molar-refractivity contribution is 6.03. The topological polar surface area (TPSA) is 17.1 Å². The van der Waals surface area contributed by atoms with Crippen LogP contribution in [0.5, 0.6) is 0 Å². The van der Waals surface area contributed by atoms with E-state index in [1.807, 2.05) is 0 Å². The van der Waals surface area contributed by atoms with E-state index in [0.717, 1.165) is 6.07 Å². The molecular weight excluding hydrogens is 198 g/mol. The van der Waals surface area contributed by atoms with Crippen LogP contribution < -0.4 is 0 Å². The van der Waals surface area contributed by atoms with Crippen LogP contribution in [-0.4, -0.2) is 5.78 Å². The van der Waals surface area contributed by atoms with Gasteiger partial charge in [-0.15, -0.1) is 0 Å². The van der Waals surface area contributed by atoms with Gasteiger partial charge in [0.25, 0.3) is 0 Å². The summed E-state index contributed by atoms with van der Waals surface area (Å²) in [4.78, 5) is 11.7. The average Bonchev–Trinajstić information content (AvgIpc) is 2.32. The Morgan fingerprint density at radius 3 is 2.47 bits per heavy atom. The molecule has 15 heavy (non-hydrogen) atoms. The lowest BCUT2D eigenvalue weighted by atomic mass is 9.85. The van der Waals surface area contributed by atoms with Crippen molar-refractivity contribution in [3.05, 3.63) is 34.4 Å². The van der Waals surface area contributed by atoms with Crippen molar-refractivity contribution in [2.24, 2.45) is 0 Å². The predicted molar refractivity (Wildman–Crippen MR) is 53.1 cm³/mol. The number of rotatable bonds is 0. The fourth-order valence-electron chi connectivity index (χ4n) is 2.31. The van der Waals surface area contributed by atoms with Gasteiger partial charge >= 0.3 is 0 Å². The highest BCUT2D eigenvalue weighted by Crippen LogP contribution is 2.41. The number of carbonyl (C=O) groups excluding carboxylic acids is 1. The molecule has 0 fully saturated rings. The molecule has 80 valence electrons. The zero-order chi connectivity index (χ0) is 11.4. The van der Waals surface area contributed by atoms with Crippen LogP contribution in [0.3, 0.4) is 0 Å². The molecule has 3 heteroatoms. The molecular formula is C12H12F2O. The number of ketones is 1. The molecule has 1 aromatic carbocycles. The van der Waals surface area contributed by atoms with Gasteiger partial charge in [-0.25, -0.2) is 8.78 Å². The SMILES string of the molecule is Cc1c(F)cc(F)c2c1C(=O)CC2(C)C. The Hall–Kier alpha value is -1.25.